The molecule has 0 spiro atoms. The Kier molecular flexibility index (Phi) is 6.52. The molecule has 1 aromatic carbocycles. The van der Waals surface area contributed by atoms with Crippen molar-refractivity contribution >= 4 is 50.5 Å². The molecule has 0 atom stereocenters. The average molecular weight is 509 g/mol. The second kappa shape index (κ2) is 8.03. The van der Waals surface area contributed by atoms with Crippen LogP contribution in [0.1, 0.15) is 44.0 Å². The van der Waals surface area contributed by atoms with E-state index in [1.165, 1.54) is 0 Å². The summed E-state index contributed by atoms with van der Waals surface area (Å²) in [5, 5.41) is 2.89. The summed E-state index contributed by atoms with van der Waals surface area (Å²) in [5.41, 5.74) is 0.178. The molecule has 1 aliphatic heterocycles. The average Bonchev–Trinajstić information content (AvgIpc) is 2.48. The SMILES string of the molecule is CC(C)(C)OC(=O)NC1CCN(C(=O)c2cccc(I)c2Br)CC1. The molecule has 1 aromatic rings. The molecule has 0 aromatic heterocycles. The number of carbonyl (C=O) groups excluding carboxylic acids is 2. The lowest BCUT2D eigenvalue weighted by atomic mass is 10.0. The summed E-state index contributed by atoms with van der Waals surface area (Å²) < 4.78 is 7.13. The maximum absolute atomic E-state index is 12.7. The van der Waals surface area contributed by atoms with Crippen molar-refractivity contribution in [3.05, 3.63) is 31.8 Å². The first-order valence-electron chi connectivity index (χ1n) is 7.90. The number of rotatable bonds is 2. The summed E-state index contributed by atoms with van der Waals surface area (Å²) in [6, 6.07) is 5.72. The van der Waals surface area contributed by atoms with Crippen LogP contribution in [-0.2, 0) is 4.74 Å². The smallest absolute Gasteiger partial charge is 0.407 e. The van der Waals surface area contributed by atoms with E-state index in [2.05, 4.69) is 43.8 Å². The zero-order valence-corrected chi connectivity index (χ0v) is 17.8. The number of hydrogen-bond donors (Lipinski definition) is 1. The van der Waals surface area contributed by atoms with Crippen LogP contribution in [0.15, 0.2) is 22.7 Å². The van der Waals surface area contributed by atoms with E-state index < -0.39 is 11.7 Å². The standard InChI is InChI=1S/C17H22BrIN2O3/c1-17(2,3)24-16(23)20-11-7-9-21(10-8-11)15(22)12-5-4-6-13(19)14(12)18/h4-6,11H,7-10H2,1-3H3,(H,20,23). The molecule has 0 bridgehead atoms. The van der Waals surface area contributed by atoms with Gasteiger partial charge in [-0.3, -0.25) is 4.79 Å². The first kappa shape index (κ1) is 19.5. The third-order valence-corrected chi connectivity index (χ3v) is 6.18. The van der Waals surface area contributed by atoms with E-state index in [0.29, 0.717) is 18.7 Å². The summed E-state index contributed by atoms with van der Waals surface area (Å²) >= 11 is 5.69. The van der Waals surface area contributed by atoms with Crippen molar-refractivity contribution in [1.82, 2.24) is 10.2 Å². The fourth-order valence-corrected chi connectivity index (χ4v) is 3.47. The van der Waals surface area contributed by atoms with Crippen molar-refractivity contribution < 1.29 is 14.3 Å². The monoisotopic (exact) mass is 508 g/mol. The number of benzene rings is 1. The molecular weight excluding hydrogens is 487 g/mol. The molecule has 0 radical (unpaired) electrons. The summed E-state index contributed by atoms with van der Waals surface area (Å²) in [5.74, 6) is 0.0242. The van der Waals surface area contributed by atoms with Crippen molar-refractivity contribution in [3.63, 3.8) is 0 Å². The molecule has 132 valence electrons. The van der Waals surface area contributed by atoms with Gasteiger partial charge in [-0.1, -0.05) is 6.07 Å². The molecule has 0 unspecified atom stereocenters. The minimum Gasteiger partial charge on any atom is -0.444 e. The number of hydrogen-bond acceptors (Lipinski definition) is 3. The van der Waals surface area contributed by atoms with Gasteiger partial charge in [0.15, 0.2) is 0 Å². The van der Waals surface area contributed by atoms with Gasteiger partial charge in [0.25, 0.3) is 5.91 Å². The minimum absolute atomic E-state index is 0.0242. The Labute approximate surface area is 164 Å². The normalized spacial score (nSPS) is 16.0. The summed E-state index contributed by atoms with van der Waals surface area (Å²) in [7, 11) is 0. The van der Waals surface area contributed by atoms with Gasteiger partial charge < -0.3 is 15.0 Å². The van der Waals surface area contributed by atoms with Gasteiger partial charge in [0.05, 0.1) is 5.56 Å². The van der Waals surface area contributed by atoms with Crippen LogP contribution in [0.4, 0.5) is 4.79 Å². The largest absolute Gasteiger partial charge is 0.444 e. The molecule has 1 saturated heterocycles. The molecule has 1 aliphatic rings. The van der Waals surface area contributed by atoms with Gasteiger partial charge in [-0.2, -0.15) is 0 Å². The number of nitrogens with one attached hydrogen (secondary N) is 1. The van der Waals surface area contributed by atoms with Gasteiger partial charge in [-0.05, 0) is 84.3 Å². The zero-order valence-electron chi connectivity index (χ0n) is 14.1. The second-order valence-corrected chi connectivity index (χ2v) is 8.77. The van der Waals surface area contributed by atoms with Crippen LogP contribution >= 0.6 is 38.5 Å². The van der Waals surface area contributed by atoms with Crippen molar-refractivity contribution in [3.8, 4) is 0 Å². The van der Waals surface area contributed by atoms with E-state index in [9.17, 15) is 9.59 Å². The van der Waals surface area contributed by atoms with Crippen LogP contribution in [0, 0.1) is 3.57 Å². The Morgan fingerprint density at radius 3 is 2.50 bits per heavy atom. The minimum atomic E-state index is -0.502. The molecule has 1 N–H and O–H groups in total. The fraction of sp³-hybridized carbons (Fsp3) is 0.529. The summed E-state index contributed by atoms with van der Waals surface area (Å²) in [6.45, 7) is 6.77. The Balaban J connectivity index is 1.89. The molecular formula is C17H22BrIN2O3. The van der Waals surface area contributed by atoms with Crippen LogP contribution < -0.4 is 5.32 Å². The van der Waals surface area contributed by atoms with E-state index >= 15 is 0 Å². The van der Waals surface area contributed by atoms with Crippen molar-refractivity contribution in [2.45, 2.75) is 45.3 Å². The first-order valence-corrected chi connectivity index (χ1v) is 9.77. The number of carbonyl (C=O) groups is 2. The molecule has 1 heterocycles. The zero-order chi connectivity index (χ0) is 17.9. The lowest BCUT2D eigenvalue weighted by molar-refractivity contribution is 0.0473. The van der Waals surface area contributed by atoms with Gasteiger partial charge in [0.2, 0.25) is 0 Å². The van der Waals surface area contributed by atoms with E-state index in [1.54, 1.807) is 0 Å². The first-order chi connectivity index (χ1) is 11.2. The van der Waals surface area contributed by atoms with Gasteiger partial charge in [-0.25, -0.2) is 4.79 Å². The highest BCUT2D eigenvalue weighted by molar-refractivity contribution is 14.1. The van der Waals surface area contributed by atoms with Crippen LogP contribution in [0.2, 0.25) is 0 Å². The molecule has 0 saturated carbocycles. The van der Waals surface area contributed by atoms with Gasteiger partial charge in [0, 0.05) is 27.2 Å². The number of halogens is 2. The van der Waals surface area contributed by atoms with Crippen LogP contribution in [0.5, 0.6) is 0 Å². The molecule has 7 heteroatoms. The number of likely N-dealkylation sites (tertiary alicyclic amines) is 1. The highest BCUT2D eigenvalue weighted by Crippen LogP contribution is 2.25. The van der Waals surface area contributed by atoms with Gasteiger partial charge >= 0.3 is 6.09 Å². The maximum atomic E-state index is 12.7. The molecule has 5 nitrogen and oxygen atoms in total. The van der Waals surface area contributed by atoms with Gasteiger partial charge in [0.1, 0.15) is 5.60 Å². The van der Waals surface area contributed by atoms with Crippen molar-refractivity contribution in [1.29, 1.82) is 0 Å². The number of ether oxygens (including phenoxy) is 1. The topological polar surface area (TPSA) is 58.6 Å². The Bertz CT molecular complexity index is 623. The second-order valence-electron chi connectivity index (χ2n) is 6.81. The van der Waals surface area contributed by atoms with Crippen LogP contribution in [-0.4, -0.2) is 41.6 Å². The molecule has 24 heavy (non-hydrogen) atoms. The third kappa shape index (κ3) is 5.34. The maximum Gasteiger partial charge on any atom is 0.407 e. The Morgan fingerprint density at radius 1 is 1.29 bits per heavy atom. The van der Waals surface area contributed by atoms with Gasteiger partial charge in [-0.15, -0.1) is 0 Å². The fourth-order valence-electron chi connectivity index (χ4n) is 2.54. The number of alkyl carbamates (subject to hydrolysis) is 1. The molecule has 0 aliphatic carbocycles. The number of piperidine rings is 1. The summed E-state index contributed by atoms with van der Waals surface area (Å²) in [4.78, 5) is 26.3. The van der Waals surface area contributed by atoms with Crippen LogP contribution in [0.3, 0.4) is 0 Å². The quantitative estimate of drug-likeness (QED) is 0.609. The molecule has 1 fully saturated rings. The molecule has 2 amide bonds. The van der Waals surface area contributed by atoms with E-state index in [4.69, 9.17) is 4.74 Å². The Morgan fingerprint density at radius 2 is 1.92 bits per heavy atom. The highest BCUT2D eigenvalue weighted by Gasteiger charge is 2.27. The lowest BCUT2D eigenvalue weighted by Gasteiger charge is -2.33. The summed E-state index contributed by atoms with van der Waals surface area (Å²) in [6.07, 6.45) is 1.06. The Hall–Kier alpha value is -0.830. The van der Waals surface area contributed by atoms with E-state index in [1.807, 2.05) is 43.9 Å². The van der Waals surface area contributed by atoms with E-state index in [0.717, 1.165) is 20.9 Å². The van der Waals surface area contributed by atoms with Crippen molar-refractivity contribution in [2.75, 3.05) is 13.1 Å². The number of nitrogens with zero attached hydrogens (tertiary/aromatic N) is 1. The predicted molar refractivity (Wildman–Crippen MR) is 105 cm³/mol. The van der Waals surface area contributed by atoms with Crippen molar-refractivity contribution in [2.24, 2.45) is 0 Å². The van der Waals surface area contributed by atoms with E-state index in [-0.39, 0.29) is 11.9 Å². The lowest BCUT2D eigenvalue weighted by Crippen LogP contribution is -2.47. The predicted octanol–water partition coefficient (Wildman–Crippen LogP) is 4.18. The molecule has 2 rings (SSSR count). The third-order valence-electron chi connectivity index (χ3n) is 3.69. The highest BCUT2D eigenvalue weighted by atomic mass is 127. The number of amides is 2. The van der Waals surface area contributed by atoms with Crippen LogP contribution in [0.25, 0.3) is 0 Å².